The molecule has 0 bridgehead atoms. The van der Waals surface area contributed by atoms with Crippen molar-refractivity contribution in [3.05, 3.63) is 17.6 Å². The molecule has 0 saturated carbocycles. The van der Waals surface area contributed by atoms with Crippen molar-refractivity contribution >= 4 is 23.7 Å². The van der Waals surface area contributed by atoms with Gasteiger partial charge >= 0.3 is 6.09 Å². The van der Waals surface area contributed by atoms with E-state index >= 15 is 0 Å². The van der Waals surface area contributed by atoms with Gasteiger partial charge in [0.2, 0.25) is 5.91 Å². The van der Waals surface area contributed by atoms with E-state index in [-0.39, 0.29) is 60.8 Å². The number of nitrogens with one attached hydrogen (secondary N) is 1. The van der Waals surface area contributed by atoms with Crippen LogP contribution in [-0.4, -0.2) is 131 Å². The Bertz CT molecular complexity index is 1060. The summed E-state index contributed by atoms with van der Waals surface area (Å²) in [6.45, 7) is 12.4. The molecule has 3 atom stereocenters. The van der Waals surface area contributed by atoms with E-state index in [9.17, 15) is 24.6 Å². The average molecular weight is 579 g/mol. The number of amides is 3. The molecular weight excluding hydrogens is 532 g/mol. The highest BCUT2D eigenvalue weighted by molar-refractivity contribution is 5.98. The Kier molecular flexibility index (Phi) is 11.3. The number of ether oxygens (including phenoxy) is 2. The third kappa shape index (κ3) is 8.73. The van der Waals surface area contributed by atoms with Gasteiger partial charge in [-0.25, -0.2) is 14.8 Å². The fourth-order valence-corrected chi connectivity index (χ4v) is 5.12. The number of carbonyl (C=O) groups is 3. The van der Waals surface area contributed by atoms with Crippen LogP contribution in [0.15, 0.2) is 6.20 Å². The highest BCUT2D eigenvalue weighted by Gasteiger charge is 2.40. The monoisotopic (exact) mass is 578 g/mol. The van der Waals surface area contributed by atoms with Crippen LogP contribution in [-0.2, 0) is 19.7 Å². The SMILES string of the molecule is COCC(O)CNc1nc(C(C)(C)C)ncc1C(=O)N(CC(C)C)[C@H]1C[C@@H](C(=O)N2CCOCC2)CN(C(=O)O)C1. The number of piperidine rings is 1. The van der Waals surface area contributed by atoms with Gasteiger partial charge in [0, 0.05) is 58.0 Å². The Morgan fingerprint density at radius 3 is 2.46 bits per heavy atom. The maximum atomic E-state index is 14.2. The van der Waals surface area contributed by atoms with Crippen LogP contribution >= 0.6 is 0 Å². The predicted molar refractivity (Wildman–Crippen MR) is 152 cm³/mol. The minimum atomic E-state index is -1.13. The van der Waals surface area contributed by atoms with Gasteiger partial charge in [0.25, 0.3) is 5.91 Å². The first-order chi connectivity index (χ1) is 19.3. The van der Waals surface area contributed by atoms with Gasteiger partial charge < -0.3 is 39.7 Å². The maximum absolute atomic E-state index is 14.2. The number of aromatic nitrogens is 2. The first-order valence-electron chi connectivity index (χ1n) is 14.3. The molecule has 0 radical (unpaired) electrons. The molecule has 3 amide bonds. The predicted octanol–water partition coefficient (Wildman–Crippen LogP) is 1.52. The highest BCUT2D eigenvalue weighted by atomic mass is 16.5. The lowest BCUT2D eigenvalue weighted by molar-refractivity contribution is -0.142. The van der Waals surface area contributed by atoms with Crippen molar-refractivity contribution in [2.75, 3.05) is 71.5 Å². The van der Waals surface area contributed by atoms with Gasteiger partial charge in [0.15, 0.2) is 0 Å². The fourth-order valence-electron chi connectivity index (χ4n) is 5.12. The molecule has 1 aromatic rings. The number of hydrogen-bond acceptors (Lipinski definition) is 9. The largest absolute Gasteiger partial charge is 0.465 e. The van der Waals surface area contributed by atoms with Crippen LogP contribution in [0.25, 0.3) is 0 Å². The summed E-state index contributed by atoms with van der Waals surface area (Å²) in [6.07, 6.45) is -0.118. The topological polar surface area (TPSA) is 158 Å². The zero-order valence-electron chi connectivity index (χ0n) is 25.1. The van der Waals surface area contributed by atoms with E-state index in [1.807, 2.05) is 34.6 Å². The van der Waals surface area contributed by atoms with Gasteiger partial charge in [-0.15, -0.1) is 0 Å². The summed E-state index contributed by atoms with van der Waals surface area (Å²) in [5.41, 5.74) is -0.175. The molecule has 0 aliphatic carbocycles. The van der Waals surface area contributed by atoms with Crippen LogP contribution in [0.4, 0.5) is 10.6 Å². The quantitative estimate of drug-likeness (QED) is 0.372. The molecule has 2 aliphatic heterocycles. The molecule has 3 rings (SSSR count). The molecule has 2 saturated heterocycles. The molecule has 230 valence electrons. The smallest absolute Gasteiger partial charge is 0.407 e. The number of carbonyl (C=O) groups excluding carboxylic acids is 2. The standard InChI is InChI=1S/C28H46N6O7/c1-18(2)14-34(20-11-19(15-33(16-20)27(38)39)24(36)32-7-9-41-10-8-32)25(37)22-13-30-26(28(3,4)5)31-23(22)29-12-21(35)17-40-6/h13,18-21,35H,7-12,14-17H2,1-6H3,(H,38,39)(H,29,30,31)/t19-,20+,21?/m1/s1. The van der Waals surface area contributed by atoms with Crippen molar-refractivity contribution in [2.45, 2.75) is 58.6 Å². The Labute approximate surface area is 242 Å². The molecule has 13 nitrogen and oxygen atoms in total. The van der Waals surface area contributed by atoms with Gasteiger partial charge in [-0.1, -0.05) is 34.6 Å². The van der Waals surface area contributed by atoms with E-state index < -0.39 is 24.2 Å². The van der Waals surface area contributed by atoms with Crippen molar-refractivity contribution in [2.24, 2.45) is 11.8 Å². The summed E-state index contributed by atoms with van der Waals surface area (Å²) in [5, 5.41) is 23.2. The first-order valence-corrected chi connectivity index (χ1v) is 14.3. The zero-order chi connectivity index (χ0) is 30.3. The molecule has 1 unspecified atom stereocenters. The third-order valence-corrected chi connectivity index (χ3v) is 7.19. The lowest BCUT2D eigenvalue weighted by Gasteiger charge is -2.43. The Hall–Kier alpha value is -3.03. The number of methoxy groups -OCH3 is 1. The van der Waals surface area contributed by atoms with E-state index in [1.165, 1.54) is 18.2 Å². The molecule has 2 fully saturated rings. The van der Waals surface area contributed by atoms with E-state index in [0.717, 1.165) is 0 Å². The number of likely N-dealkylation sites (tertiary alicyclic amines) is 1. The second-order valence-electron chi connectivity index (χ2n) is 12.3. The van der Waals surface area contributed by atoms with Crippen LogP contribution in [0, 0.1) is 11.8 Å². The number of carboxylic acid groups (broad SMARTS) is 1. The summed E-state index contributed by atoms with van der Waals surface area (Å²) in [6, 6.07) is -0.529. The summed E-state index contributed by atoms with van der Waals surface area (Å²) in [5.74, 6) is -0.176. The van der Waals surface area contributed by atoms with Crippen LogP contribution in [0.1, 0.15) is 57.2 Å². The lowest BCUT2D eigenvalue weighted by Crippen LogP contribution is -2.58. The Morgan fingerprint density at radius 2 is 1.88 bits per heavy atom. The van der Waals surface area contributed by atoms with Crippen molar-refractivity contribution < 1.29 is 34.1 Å². The molecule has 41 heavy (non-hydrogen) atoms. The summed E-state index contributed by atoms with van der Waals surface area (Å²) in [4.78, 5) is 53.5. The molecule has 2 aliphatic rings. The second kappa shape index (κ2) is 14.2. The zero-order valence-corrected chi connectivity index (χ0v) is 25.1. The minimum absolute atomic E-state index is 0.0715. The number of morpholine rings is 1. The second-order valence-corrected chi connectivity index (χ2v) is 12.3. The fraction of sp³-hybridized carbons (Fsp3) is 0.750. The molecule has 3 N–H and O–H groups in total. The van der Waals surface area contributed by atoms with Gasteiger partial charge in [0.1, 0.15) is 17.2 Å². The lowest BCUT2D eigenvalue weighted by atomic mass is 9.91. The molecule has 13 heteroatoms. The summed E-state index contributed by atoms with van der Waals surface area (Å²) in [7, 11) is 1.49. The Balaban J connectivity index is 1.96. The van der Waals surface area contributed by atoms with Gasteiger partial charge in [-0.2, -0.15) is 0 Å². The number of anilines is 1. The normalized spacial score (nSPS) is 20.6. The van der Waals surface area contributed by atoms with E-state index in [1.54, 1.807) is 9.80 Å². The Morgan fingerprint density at radius 1 is 1.20 bits per heavy atom. The summed E-state index contributed by atoms with van der Waals surface area (Å²) >= 11 is 0. The van der Waals surface area contributed by atoms with Gasteiger partial charge in [-0.3, -0.25) is 9.59 Å². The maximum Gasteiger partial charge on any atom is 0.407 e. The molecule has 0 aromatic carbocycles. The van der Waals surface area contributed by atoms with Crippen LogP contribution in [0.2, 0.25) is 0 Å². The molecule has 1 aromatic heterocycles. The van der Waals surface area contributed by atoms with Crippen LogP contribution in [0.3, 0.4) is 0 Å². The molecular formula is C28H46N6O7. The minimum Gasteiger partial charge on any atom is -0.465 e. The van der Waals surface area contributed by atoms with Crippen molar-refractivity contribution in [3.8, 4) is 0 Å². The van der Waals surface area contributed by atoms with E-state index in [4.69, 9.17) is 9.47 Å². The number of aliphatic hydroxyl groups excluding tert-OH is 1. The van der Waals surface area contributed by atoms with Crippen molar-refractivity contribution in [1.82, 2.24) is 24.7 Å². The molecule has 3 heterocycles. The van der Waals surface area contributed by atoms with Crippen LogP contribution in [0.5, 0.6) is 0 Å². The first kappa shape index (κ1) is 32.5. The number of aliphatic hydroxyl groups is 1. The molecule has 0 spiro atoms. The van der Waals surface area contributed by atoms with Crippen LogP contribution < -0.4 is 5.32 Å². The van der Waals surface area contributed by atoms with Crippen molar-refractivity contribution in [3.63, 3.8) is 0 Å². The van der Waals surface area contributed by atoms with E-state index in [2.05, 4.69) is 15.3 Å². The highest BCUT2D eigenvalue weighted by Crippen LogP contribution is 2.28. The van der Waals surface area contributed by atoms with Crippen molar-refractivity contribution in [1.29, 1.82) is 0 Å². The number of hydrogen-bond donors (Lipinski definition) is 3. The van der Waals surface area contributed by atoms with Gasteiger partial charge in [0.05, 0.1) is 37.9 Å². The van der Waals surface area contributed by atoms with Gasteiger partial charge in [-0.05, 0) is 12.3 Å². The third-order valence-electron chi connectivity index (χ3n) is 7.19. The average Bonchev–Trinajstić information content (AvgIpc) is 2.93. The van der Waals surface area contributed by atoms with E-state index in [0.29, 0.717) is 45.1 Å². The summed E-state index contributed by atoms with van der Waals surface area (Å²) < 4.78 is 10.4. The number of nitrogens with zero attached hydrogens (tertiary/aromatic N) is 5. The number of rotatable bonds is 10.